The van der Waals surface area contributed by atoms with Crippen molar-refractivity contribution in [2.45, 2.75) is 17.9 Å². The first kappa shape index (κ1) is 37.5. The summed E-state index contributed by atoms with van der Waals surface area (Å²) in [6, 6.07) is 18.6. The lowest BCUT2D eigenvalue weighted by Gasteiger charge is -2.23. The van der Waals surface area contributed by atoms with E-state index in [-0.39, 0.29) is 26.7 Å². The van der Waals surface area contributed by atoms with Crippen LogP contribution in [0.3, 0.4) is 0 Å². The maximum atomic E-state index is 12.4. The van der Waals surface area contributed by atoms with Crippen LogP contribution in [0.15, 0.2) is 75.8 Å². The zero-order valence-electron chi connectivity index (χ0n) is 25.5. The predicted molar refractivity (Wildman–Crippen MR) is 173 cm³/mol. The van der Waals surface area contributed by atoms with Crippen molar-refractivity contribution < 1.29 is 30.3 Å². The maximum Gasteiger partial charge on any atom is 0.244 e. The largest absolute Gasteiger partial charge is 0.726 e. The van der Waals surface area contributed by atoms with E-state index in [1.54, 1.807) is 0 Å². The summed E-state index contributed by atoms with van der Waals surface area (Å²) in [5.74, 6) is 0.849. The molecule has 0 spiro atoms. The normalized spacial score (nSPS) is 13.1. The molecule has 1 unspecified atom stereocenters. The molecule has 0 aliphatic rings. The van der Waals surface area contributed by atoms with E-state index in [9.17, 15) is 21.4 Å². The van der Waals surface area contributed by atoms with Crippen molar-refractivity contribution in [1.82, 2.24) is 14.1 Å². The van der Waals surface area contributed by atoms with Crippen LogP contribution in [0.1, 0.15) is 18.5 Å². The van der Waals surface area contributed by atoms with Crippen LogP contribution in [0.2, 0.25) is 10.0 Å². The quantitative estimate of drug-likeness (QED) is 0.0839. The first-order valence-corrected chi connectivity index (χ1v) is 16.6. The Balaban J connectivity index is 0.00000102. The average Bonchev–Trinajstić information content (AvgIpc) is 2.95. The number of nitrogens with zero attached hydrogens (tertiary/aromatic N) is 4. The van der Waals surface area contributed by atoms with Gasteiger partial charge in [0.05, 0.1) is 44.0 Å². The van der Waals surface area contributed by atoms with Gasteiger partial charge in [-0.25, -0.2) is 21.1 Å². The number of quaternary nitrogens is 1. The second-order valence-corrected chi connectivity index (χ2v) is 14.5. The molecule has 3 aromatic carbocycles. The van der Waals surface area contributed by atoms with Gasteiger partial charge >= 0.3 is 0 Å². The van der Waals surface area contributed by atoms with E-state index in [2.05, 4.69) is 59.9 Å². The van der Waals surface area contributed by atoms with Crippen LogP contribution in [-0.4, -0.2) is 81.2 Å². The van der Waals surface area contributed by atoms with Gasteiger partial charge in [0.15, 0.2) is 0 Å². The van der Waals surface area contributed by atoms with Gasteiger partial charge in [-0.15, -0.1) is 5.11 Å². The number of hydrogen-bond acceptors (Lipinski definition) is 10. The van der Waals surface area contributed by atoms with Crippen molar-refractivity contribution in [2.24, 2.45) is 10.2 Å². The molecule has 0 heterocycles. The Kier molecular flexibility index (Phi) is 13.7. The number of nitrogens with one attached hydrogen (secondary N) is 1. The highest BCUT2D eigenvalue weighted by atomic mass is 35.5. The molecule has 242 valence electrons. The Morgan fingerprint density at radius 2 is 1.50 bits per heavy atom. The van der Waals surface area contributed by atoms with E-state index in [0.717, 1.165) is 27.2 Å². The van der Waals surface area contributed by atoms with E-state index in [1.165, 1.54) is 31.9 Å². The molecule has 0 saturated heterocycles. The monoisotopic (exact) mass is 689 g/mol. The van der Waals surface area contributed by atoms with E-state index >= 15 is 0 Å². The fraction of sp³-hybridized carbons (Fsp3) is 0.357. The summed E-state index contributed by atoms with van der Waals surface area (Å²) >= 11 is 12.4. The molecule has 0 aromatic heterocycles. The predicted octanol–water partition coefficient (Wildman–Crippen LogP) is 5.68. The lowest BCUT2D eigenvalue weighted by atomic mass is 10.1. The molecule has 16 heteroatoms. The second kappa shape index (κ2) is 16.1. The molecule has 3 aromatic rings. The summed E-state index contributed by atoms with van der Waals surface area (Å²) < 4.78 is 63.5. The summed E-state index contributed by atoms with van der Waals surface area (Å²) in [4.78, 5) is -0.0814. The van der Waals surface area contributed by atoms with Gasteiger partial charge in [-0.2, -0.15) is 5.11 Å². The first-order valence-electron chi connectivity index (χ1n) is 13.1. The SMILES string of the molecule is CC(NCCOc1ccc([N+](C)(C)C)cc1)c1ccc(N=Nc2cc(Cl)c(S(=O)(=O)N(C)C)cc2Cl)cc1.COS(=O)(=O)[O-]. The molecule has 0 amide bonds. The van der Waals surface area contributed by atoms with Crippen LogP contribution in [0, 0.1) is 0 Å². The Labute approximate surface area is 269 Å². The molecule has 0 saturated carbocycles. The highest BCUT2D eigenvalue weighted by molar-refractivity contribution is 7.89. The number of azo groups is 1. The minimum atomic E-state index is -4.41. The number of rotatable bonds is 12. The summed E-state index contributed by atoms with van der Waals surface area (Å²) in [6.45, 7) is 3.33. The lowest BCUT2D eigenvalue weighted by molar-refractivity contribution is 0.307. The highest BCUT2D eigenvalue weighted by Crippen LogP contribution is 2.35. The fourth-order valence-electron chi connectivity index (χ4n) is 3.48. The molecular formula is C28H37Cl2N5O7S2. The van der Waals surface area contributed by atoms with E-state index in [0.29, 0.717) is 18.8 Å². The Bertz CT molecular complexity index is 1630. The Hall–Kier alpha value is -2.66. The molecule has 0 aliphatic carbocycles. The molecule has 0 fully saturated rings. The van der Waals surface area contributed by atoms with E-state index in [4.69, 9.17) is 27.9 Å². The molecule has 0 aliphatic heterocycles. The number of sulfonamides is 1. The van der Waals surface area contributed by atoms with Crippen LogP contribution >= 0.6 is 23.2 Å². The summed E-state index contributed by atoms with van der Waals surface area (Å²) in [5, 5.41) is 12.0. The molecule has 1 N–H and O–H groups in total. The lowest BCUT2D eigenvalue weighted by Crippen LogP contribution is -2.34. The number of hydrogen-bond donors (Lipinski definition) is 1. The smallest absolute Gasteiger partial charge is 0.244 e. The maximum absolute atomic E-state index is 12.4. The minimum absolute atomic E-state index is 0.0254. The summed E-state index contributed by atoms with van der Waals surface area (Å²) in [5.41, 5.74) is 3.21. The van der Waals surface area contributed by atoms with Gasteiger partial charge in [0.25, 0.3) is 0 Å². The molecule has 0 bridgehead atoms. The van der Waals surface area contributed by atoms with Crippen molar-refractivity contribution in [3.8, 4) is 5.75 Å². The van der Waals surface area contributed by atoms with Crippen molar-refractivity contribution in [1.29, 1.82) is 0 Å². The van der Waals surface area contributed by atoms with Crippen molar-refractivity contribution in [2.75, 3.05) is 55.5 Å². The summed E-state index contributed by atoms with van der Waals surface area (Å²) in [7, 11) is 1.90. The van der Waals surface area contributed by atoms with Gasteiger partial charge in [0.2, 0.25) is 20.4 Å². The number of halogens is 2. The standard InChI is InChI=1S/C27H34Cl2N5O3S.CH4O4S/c1-19(30-15-16-37-23-13-11-22(12-14-23)34(4,5)6)20-7-9-21(10-8-20)31-32-26-17-25(29)27(18-24(26)28)38(35,36)33(2)3;1-5-6(2,3)4/h7-14,17-19,30H,15-16H2,1-6H3;1H3,(H,2,3,4)/q+1;/p-1. The van der Waals surface area contributed by atoms with Crippen LogP contribution in [0.5, 0.6) is 5.75 Å². The van der Waals surface area contributed by atoms with Crippen LogP contribution in [0.25, 0.3) is 0 Å². The molecule has 3 rings (SSSR count). The number of benzene rings is 3. The third kappa shape index (κ3) is 11.7. The third-order valence-electron chi connectivity index (χ3n) is 6.06. The minimum Gasteiger partial charge on any atom is -0.726 e. The zero-order valence-corrected chi connectivity index (χ0v) is 28.6. The zero-order chi connectivity index (χ0) is 33.3. The van der Waals surface area contributed by atoms with Crippen molar-refractivity contribution in [3.05, 3.63) is 76.3 Å². The molecule has 44 heavy (non-hydrogen) atoms. The van der Waals surface area contributed by atoms with E-state index in [1.807, 2.05) is 36.4 Å². The van der Waals surface area contributed by atoms with Gasteiger partial charge in [-0.05, 0) is 48.9 Å². The van der Waals surface area contributed by atoms with Crippen molar-refractivity contribution in [3.63, 3.8) is 0 Å². The average molecular weight is 691 g/mol. The third-order valence-corrected chi connectivity index (χ3v) is 9.05. The summed E-state index contributed by atoms with van der Waals surface area (Å²) in [6.07, 6.45) is 0. The van der Waals surface area contributed by atoms with Gasteiger partial charge in [0, 0.05) is 38.8 Å². The number of ether oxygens (including phenoxy) is 1. The molecular weight excluding hydrogens is 653 g/mol. The fourth-order valence-corrected chi connectivity index (χ4v) is 5.16. The molecule has 0 radical (unpaired) electrons. The van der Waals surface area contributed by atoms with Gasteiger partial charge in [-0.3, -0.25) is 8.67 Å². The van der Waals surface area contributed by atoms with E-state index < -0.39 is 20.4 Å². The first-order chi connectivity index (χ1) is 20.3. The van der Waals surface area contributed by atoms with Crippen LogP contribution in [0.4, 0.5) is 17.1 Å². The van der Waals surface area contributed by atoms with Crippen LogP contribution in [-0.2, 0) is 24.6 Å². The van der Waals surface area contributed by atoms with Gasteiger partial charge < -0.3 is 14.6 Å². The second-order valence-electron chi connectivity index (χ2n) is 10.4. The van der Waals surface area contributed by atoms with Gasteiger partial charge in [0.1, 0.15) is 28.6 Å². The molecule has 1 atom stereocenters. The topological polar surface area (TPSA) is 150 Å². The highest BCUT2D eigenvalue weighted by Gasteiger charge is 2.22. The Morgan fingerprint density at radius 3 is 2.00 bits per heavy atom. The van der Waals surface area contributed by atoms with Crippen molar-refractivity contribution >= 4 is 60.7 Å². The molecule has 12 nitrogen and oxygen atoms in total. The Morgan fingerprint density at radius 1 is 0.932 bits per heavy atom. The van der Waals surface area contributed by atoms with Crippen LogP contribution < -0.4 is 14.5 Å². The van der Waals surface area contributed by atoms with Gasteiger partial charge in [-0.1, -0.05) is 35.3 Å².